The van der Waals surface area contributed by atoms with Crippen molar-refractivity contribution in [2.24, 2.45) is 0 Å². The highest BCUT2D eigenvalue weighted by Crippen LogP contribution is 2.42. The second kappa shape index (κ2) is 6.40. The van der Waals surface area contributed by atoms with Gasteiger partial charge in [0.2, 0.25) is 0 Å². The van der Waals surface area contributed by atoms with Crippen molar-refractivity contribution in [3.63, 3.8) is 0 Å². The highest BCUT2D eigenvalue weighted by molar-refractivity contribution is 7.86. The van der Waals surface area contributed by atoms with Crippen LogP contribution in [0.15, 0.2) is 84.9 Å². The summed E-state index contributed by atoms with van der Waals surface area (Å²) in [5.41, 5.74) is 0. The molecular formula is C18H14O2P2. The Morgan fingerprint density at radius 2 is 1.09 bits per heavy atom. The smallest absolute Gasteiger partial charge is 0.193 e. The maximum absolute atomic E-state index is 14.1. The van der Waals surface area contributed by atoms with Gasteiger partial charge in [-0.2, -0.15) is 0 Å². The van der Waals surface area contributed by atoms with Crippen LogP contribution in [0.5, 0.6) is 0 Å². The molecular weight excluding hydrogens is 310 g/mol. The molecule has 0 saturated carbocycles. The van der Waals surface area contributed by atoms with Crippen LogP contribution in [0.25, 0.3) is 0 Å². The predicted octanol–water partition coefficient (Wildman–Crippen LogP) is 3.24. The molecule has 4 heteroatoms. The monoisotopic (exact) mass is 324 g/mol. The average Bonchev–Trinajstić information content (AvgIpc) is 2.62. The van der Waals surface area contributed by atoms with Gasteiger partial charge in [0.1, 0.15) is 0 Å². The summed E-state index contributed by atoms with van der Waals surface area (Å²) in [6, 6.07) is 26.0. The third-order valence-corrected chi connectivity index (χ3v) is 7.44. The summed E-state index contributed by atoms with van der Waals surface area (Å²) in [5, 5.41) is 2.69. The van der Waals surface area contributed by atoms with Crippen LogP contribution < -0.4 is 21.2 Å². The van der Waals surface area contributed by atoms with E-state index in [1.54, 1.807) is 12.1 Å². The molecule has 0 aliphatic heterocycles. The maximum atomic E-state index is 14.1. The van der Waals surface area contributed by atoms with E-state index in [9.17, 15) is 9.13 Å². The second-order valence-corrected chi connectivity index (χ2v) is 8.26. The van der Waals surface area contributed by atoms with Crippen molar-refractivity contribution in [3.05, 3.63) is 84.9 Å². The zero-order valence-electron chi connectivity index (χ0n) is 11.8. The standard InChI is InChI=1S/C18H14O2P2/c19-21-17-13-7-8-14-18(17)22(20,15-9-3-1-4-10-15)16-11-5-2-6-12-16/h1-14H. The number of hydrogen-bond donors (Lipinski definition) is 0. The molecule has 0 aliphatic rings. The third-order valence-electron chi connectivity index (χ3n) is 3.56. The first-order valence-electron chi connectivity index (χ1n) is 6.91. The molecule has 108 valence electrons. The van der Waals surface area contributed by atoms with Gasteiger partial charge in [-0.1, -0.05) is 72.8 Å². The van der Waals surface area contributed by atoms with Crippen LogP contribution in [-0.4, -0.2) is 0 Å². The summed E-state index contributed by atoms with van der Waals surface area (Å²) in [6.45, 7) is 0. The number of benzene rings is 3. The van der Waals surface area contributed by atoms with Gasteiger partial charge in [0.15, 0.2) is 15.6 Å². The van der Waals surface area contributed by atoms with E-state index >= 15 is 0 Å². The van der Waals surface area contributed by atoms with Crippen molar-refractivity contribution in [3.8, 4) is 0 Å². The van der Waals surface area contributed by atoms with Gasteiger partial charge in [-0.25, -0.2) is 0 Å². The fraction of sp³-hybridized carbons (Fsp3) is 0. The van der Waals surface area contributed by atoms with E-state index in [1.165, 1.54) is 0 Å². The van der Waals surface area contributed by atoms with Gasteiger partial charge in [-0.3, -0.25) is 4.57 Å². The van der Waals surface area contributed by atoms with Gasteiger partial charge >= 0.3 is 0 Å². The molecule has 0 amide bonds. The highest BCUT2D eigenvalue weighted by atomic mass is 31.2. The lowest BCUT2D eigenvalue weighted by atomic mass is 10.3. The Morgan fingerprint density at radius 3 is 1.59 bits per heavy atom. The van der Waals surface area contributed by atoms with Crippen molar-refractivity contribution in [2.45, 2.75) is 0 Å². The molecule has 0 unspecified atom stereocenters. The van der Waals surface area contributed by atoms with E-state index in [4.69, 9.17) is 0 Å². The summed E-state index contributed by atoms with van der Waals surface area (Å²) in [7, 11) is -3.16. The average molecular weight is 324 g/mol. The highest BCUT2D eigenvalue weighted by Gasteiger charge is 2.31. The van der Waals surface area contributed by atoms with Gasteiger partial charge in [-0.15, -0.1) is 0 Å². The van der Waals surface area contributed by atoms with Gasteiger partial charge in [0, 0.05) is 15.9 Å². The summed E-state index contributed by atoms with van der Waals surface area (Å²) in [6.07, 6.45) is 0. The first kappa shape index (κ1) is 14.9. The molecule has 0 spiro atoms. The van der Waals surface area contributed by atoms with E-state index in [1.807, 2.05) is 72.8 Å². The normalized spacial score (nSPS) is 11.5. The Kier molecular flexibility index (Phi) is 4.34. The zero-order chi connectivity index (χ0) is 15.4. The van der Waals surface area contributed by atoms with E-state index in [2.05, 4.69) is 0 Å². The molecule has 3 aromatic rings. The summed E-state index contributed by atoms with van der Waals surface area (Å²) in [5.74, 6) is 0. The van der Waals surface area contributed by atoms with E-state index < -0.39 is 7.14 Å². The quantitative estimate of drug-likeness (QED) is 0.691. The van der Waals surface area contributed by atoms with E-state index in [0.29, 0.717) is 10.6 Å². The Labute approximate surface area is 131 Å². The Morgan fingerprint density at radius 1 is 0.636 bits per heavy atom. The van der Waals surface area contributed by atoms with Crippen LogP contribution in [0, 0.1) is 0 Å². The van der Waals surface area contributed by atoms with E-state index in [-0.39, 0.29) is 8.46 Å². The van der Waals surface area contributed by atoms with Crippen molar-refractivity contribution < 1.29 is 9.13 Å². The molecule has 2 nitrogen and oxygen atoms in total. The van der Waals surface area contributed by atoms with Crippen molar-refractivity contribution in [2.75, 3.05) is 0 Å². The minimum absolute atomic E-state index is 0.120. The van der Waals surface area contributed by atoms with E-state index in [0.717, 1.165) is 10.6 Å². The van der Waals surface area contributed by atoms with Crippen LogP contribution in [0.2, 0.25) is 0 Å². The predicted molar refractivity (Wildman–Crippen MR) is 93.1 cm³/mol. The molecule has 0 fully saturated rings. The maximum Gasteiger partial charge on any atom is 0.193 e. The Bertz CT molecular complexity index is 786. The van der Waals surface area contributed by atoms with Crippen molar-refractivity contribution in [1.82, 2.24) is 0 Å². The summed E-state index contributed by atoms with van der Waals surface area (Å²) < 4.78 is 25.6. The summed E-state index contributed by atoms with van der Waals surface area (Å²) in [4.78, 5) is 0. The molecule has 22 heavy (non-hydrogen) atoms. The van der Waals surface area contributed by atoms with Crippen LogP contribution >= 0.6 is 15.6 Å². The Hall–Kier alpha value is -2.01. The van der Waals surface area contributed by atoms with Gasteiger partial charge in [0.05, 0.1) is 5.30 Å². The lowest BCUT2D eigenvalue weighted by molar-refractivity contribution is 0.592. The first-order chi connectivity index (χ1) is 10.8. The SMILES string of the molecule is O=Pc1ccccc1P(=O)(c1ccccc1)c1ccccc1. The zero-order valence-corrected chi connectivity index (χ0v) is 13.6. The minimum Gasteiger partial charge on any atom is -0.309 e. The molecule has 0 aliphatic carbocycles. The fourth-order valence-corrected chi connectivity index (χ4v) is 6.10. The second-order valence-electron chi connectivity index (χ2n) is 4.86. The minimum atomic E-state index is -3.04. The van der Waals surface area contributed by atoms with Crippen LogP contribution in [0.4, 0.5) is 0 Å². The molecule has 0 bridgehead atoms. The molecule has 0 N–H and O–H groups in total. The molecule has 0 atom stereocenters. The fourth-order valence-electron chi connectivity index (χ4n) is 2.51. The topological polar surface area (TPSA) is 34.1 Å². The number of hydrogen-bond acceptors (Lipinski definition) is 2. The Balaban J connectivity index is 2.34. The molecule has 3 aromatic carbocycles. The van der Waals surface area contributed by atoms with Crippen LogP contribution in [0.1, 0.15) is 0 Å². The summed E-state index contributed by atoms with van der Waals surface area (Å²) >= 11 is 0. The largest absolute Gasteiger partial charge is 0.309 e. The van der Waals surface area contributed by atoms with Gasteiger partial charge in [0.25, 0.3) is 0 Å². The lowest BCUT2D eigenvalue weighted by Crippen LogP contribution is -2.31. The third kappa shape index (κ3) is 2.57. The lowest BCUT2D eigenvalue weighted by Gasteiger charge is -2.20. The van der Waals surface area contributed by atoms with Crippen LogP contribution in [-0.2, 0) is 9.13 Å². The van der Waals surface area contributed by atoms with Gasteiger partial charge in [-0.05, 0) is 12.1 Å². The molecule has 0 radical (unpaired) electrons. The molecule has 3 rings (SSSR count). The van der Waals surface area contributed by atoms with Crippen molar-refractivity contribution in [1.29, 1.82) is 0 Å². The van der Waals surface area contributed by atoms with Gasteiger partial charge < -0.3 is 4.57 Å². The molecule has 0 saturated heterocycles. The van der Waals surface area contributed by atoms with Crippen LogP contribution in [0.3, 0.4) is 0 Å². The van der Waals surface area contributed by atoms with Crippen molar-refractivity contribution >= 4 is 36.8 Å². The molecule has 0 heterocycles. The number of rotatable bonds is 4. The first-order valence-corrected chi connectivity index (χ1v) is 9.43. The molecule has 0 aromatic heterocycles.